The number of amides is 2. The Kier molecular flexibility index (Phi) is 5.53. The van der Waals surface area contributed by atoms with Gasteiger partial charge in [0.05, 0.1) is 0 Å². The molecular formula is C17H26N2O2. The lowest BCUT2D eigenvalue weighted by molar-refractivity contribution is -0.146. The van der Waals surface area contributed by atoms with Crippen LogP contribution in [0.15, 0.2) is 18.2 Å². The predicted molar refractivity (Wildman–Crippen MR) is 86.3 cm³/mol. The van der Waals surface area contributed by atoms with Gasteiger partial charge in [-0.1, -0.05) is 17.7 Å². The van der Waals surface area contributed by atoms with Crippen LogP contribution in [0.25, 0.3) is 0 Å². The Morgan fingerprint density at radius 2 is 1.71 bits per heavy atom. The minimum Gasteiger partial charge on any atom is -0.342 e. The highest BCUT2D eigenvalue weighted by Gasteiger charge is 2.38. The third-order valence-electron chi connectivity index (χ3n) is 3.78. The zero-order valence-corrected chi connectivity index (χ0v) is 13.9. The van der Waals surface area contributed by atoms with E-state index in [-0.39, 0.29) is 11.8 Å². The van der Waals surface area contributed by atoms with E-state index >= 15 is 0 Å². The molecule has 0 unspecified atom stereocenters. The molecule has 1 N–H and O–H groups in total. The average Bonchev–Trinajstić information content (AvgIpc) is 2.42. The van der Waals surface area contributed by atoms with Crippen molar-refractivity contribution in [2.24, 2.45) is 5.41 Å². The Bertz CT molecular complexity index is 532. The number of carbonyl (C=O) groups is 2. The summed E-state index contributed by atoms with van der Waals surface area (Å²) in [4.78, 5) is 26.6. The first-order valence-corrected chi connectivity index (χ1v) is 7.42. The summed E-state index contributed by atoms with van der Waals surface area (Å²) in [6.07, 6.45) is 0. The van der Waals surface area contributed by atoms with E-state index < -0.39 is 5.41 Å². The Hall–Kier alpha value is -1.84. The highest BCUT2D eigenvalue weighted by atomic mass is 16.2. The number of nitrogens with zero attached hydrogens (tertiary/aromatic N) is 1. The van der Waals surface area contributed by atoms with Gasteiger partial charge in [0.25, 0.3) is 0 Å². The molecule has 0 saturated carbocycles. The van der Waals surface area contributed by atoms with Gasteiger partial charge in [0, 0.05) is 18.8 Å². The summed E-state index contributed by atoms with van der Waals surface area (Å²) in [5.74, 6) is -0.416. The average molecular weight is 290 g/mol. The number of hydrogen-bond acceptors (Lipinski definition) is 2. The van der Waals surface area contributed by atoms with E-state index in [0.29, 0.717) is 13.1 Å². The number of aryl methyl sites for hydroxylation is 2. The fourth-order valence-corrected chi connectivity index (χ4v) is 2.24. The monoisotopic (exact) mass is 290 g/mol. The Morgan fingerprint density at radius 1 is 1.14 bits per heavy atom. The van der Waals surface area contributed by atoms with Crippen molar-refractivity contribution < 1.29 is 9.59 Å². The van der Waals surface area contributed by atoms with Crippen LogP contribution in [0.4, 0.5) is 5.69 Å². The van der Waals surface area contributed by atoms with Crippen LogP contribution in [-0.4, -0.2) is 29.8 Å². The van der Waals surface area contributed by atoms with Gasteiger partial charge in [-0.3, -0.25) is 9.59 Å². The molecule has 0 fully saturated rings. The maximum Gasteiger partial charge on any atom is 0.239 e. The van der Waals surface area contributed by atoms with Crippen molar-refractivity contribution in [3.05, 3.63) is 29.3 Å². The molecule has 1 aromatic rings. The van der Waals surface area contributed by atoms with Gasteiger partial charge in [-0.2, -0.15) is 0 Å². The molecule has 4 heteroatoms. The van der Waals surface area contributed by atoms with Crippen LogP contribution in [0.1, 0.15) is 38.8 Å². The minimum atomic E-state index is -1.08. The summed E-state index contributed by atoms with van der Waals surface area (Å²) in [5.41, 5.74) is 1.81. The molecule has 0 saturated heterocycles. The smallest absolute Gasteiger partial charge is 0.239 e. The molecule has 0 radical (unpaired) electrons. The Balaban J connectivity index is 2.93. The summed E-state index contributed by atoms with van der Waals surface area (Å²) in [6.45, 7) is 12.3. The van der Waals surface area contributed by atoms with Crippen LogP contribution >= 0.6 is 0 Å². The van der Waals surface area contributed by atoms with E-state index in [1.165, 1.54) is 0 Å². The fourth-order valence-electron chi connectivity index (χ4n) is 2.24. The molecule has 4 nitrogen and oxygen atoms in total. The molecule has 1 aromatic carbocycles. The maximum atomic E-state index is 12.5. The van der Waals surface area contributed by atoms with Crippen LogP contribution in [0.3, 0.4) is 0 Å². The van der Waals surface area contributed by atoms with Crippen LogP contribution < -0.4 is 5.32 Å². The lowest BCUT2D eigenvalue weighted by atomic mass is 9.90. The minimum absolute atomic E-state index is 0.144. The van der Waals surface area contributed by atoms with Gasteiger partial charge in [-0.15, -0.1) is 0 Å². The van der Waals surface area contributed by atoms with E-state index in [1.807, 2.05) is 45.9 Å². The molecule has 0 spiro atoms. The van der Waals surface area contributed by atoms with Gasteiger partial charge in [-0.25, -0.2) is 0 Å². The molecule has 0 aliphatic carbocycles. The molecular weight excluding hydrogens is 264 g/mol. The maximum absolute atomic E-state index is 12.5. The topological polar surface area (TPSA) is 49.4 Å². The summed E-state index contributed by atoms with van der Waals surface area (Å²) in [6, 6.07) is 5.83. The summed E-state index contributed by atoms with van der Waals surface area (Å²) < 4.78 is 0. The van der Waals surface area contributed by atoms with Gasteiger partial charge < -0.3 is 10.2 Å². The molecule has 0 aromatic heterocycles. The molecule has 1 rings (SSSR count). The van der Waals surface area contributed by atoms with Crippen molar-refractivity contribution >= 4 is 17.5 Å². The number of hydrogen-bond donors (Lipinski definition) is 1. The second-order valence-electron chi connectivity index (χ2n) is 5.87. The third-order valence-corrected chi connectivity index (χ3v) is 3.78. The zero-order chi connectivity index (χ0) is 16.2. The van der Waals surface area contributed by atoms with Gasteiger partial charge in [-0.05, 0) is 53.2 Å². The standard InChI is InChI=1S/C17H26N2O2/c1-7-19(8-2)16(21)17(5,6)15(20)18-14-10-9-12(3)11-13(14)4/h9-11H,7-8H2,1-6H3,(H,18,20). The highest BCUT2D eigenvalue weighted by molar-refractivity contribution is 6.10. The summed E-state index contributed by atoms with van der Waals surface area (Å²) >= 11 is 0. The molecule has 0 aliphatic heterocycles. The van der Waals surface area contributed by atoms with Gasteiger partial charge >= 0.3 is 0 Å². The number of anilines is 1. The number of nitrogens with one attached hydrogen (secondary N) is 1. The second kappa shape index (κ2) is 6.74. The highest BCUT2D eigenvalue weighted by Crippen LogP contribution is 2.24. The lowest BCUT2D eigenvalue weighted by Crippen LogP contribution is -2.47. The molecule has 2 amide bonds. The van der Waals surface area contributed by atoms with E-state index in [0.717, 1.165) is 16.8 Å². The predicted octanol–water partition coefficient (Wildman–Crippen LogP) is 3.14. The Labute approximate surface area is 127 Å². The quantitative estimate of drug-likeness (QED) is 0.847. The van der Waals surface area contributed by atoms with Crippen LogP contribution in [0.2, 0.25) is 0 Å². The summed E-state index contributed by atoms with van der Waals surface area (Å²) in [5, 5.41) is 2.88. The van der Waals surface area contributed by atoms with E-state index in [1.54, 1.807) is 18.7 Å². The van der Waals surface area contributed by atoms with Crippen molar-refractivity contribution in [1.82, 2.24) is 4.90 Å². The molecule has 0 bridgehead atoms. The Morgan fingerprint density at radius 3 is 2.19 bits per heavy atom. The van der Waals surface area contributed by atoms with Gasteiger partial charge in [0.1, 0.15) is 5.41 Å². The van der Waals surface area contributed by atoms with Crippen LogP contribution in [0, 0.1) is 19.3 Å². The number of benzene rings is 1. The van der Waals surface area contributed by atoms with Gasteiger partial charge in [0.15, 0.2) is 0 Å². The van der Waals surface area contributed by atoms with Gasteiger partial charge in [0.2, 0.25) is 11.8 Å². The first kappa shape index (κ1) is 17.2. The molecule has 0 aliphatic rings. The van der Waals surface area contributed by atoms with Crippen molar-refractivity contribution in [2.45, 2.75) is 41.5 Å². The molecule has 0 heterocycles. The van der Waals surface area contributed by atoms with E-state index in [4.69, 9.17) is 0 Å². The van der Waals surface area contributed by atoms with Crippen LogP contribution in [0.5, 0.6) is 0 Å². The normalized spacial score (nSPS) is 11.1. The SMILES string of the molecule is CCN(CC)C(=O)C(C)(C)C(=O)Nc1ccc(C)cc1C. The van der Waals surface area contributed by atoms with Crippen molar-refractivity contribution in [1.29, 1.82) is 0 Å². The van der Waals surface area contributed by atoms with Crippen molar-refractivity contribution in [2.75, 3.05) is 18.4 Å². The third kappa shape index (κ3) is 3.84. The summed E-state index contributed by atoms with van der Waals surface area (Å²) in [7, 11) is 0. The molecule has 116 valence electrons. The fraction of sp³-hybridized carbons (Fsp3) is 0.529. The largest absolute Gasteiger partial charge is 0.342 e. The zero-order valence-electron chi connectivity index (χ0n) is 13.9. The number of rotatable bonds is 5. The van der Waals surface area contributed by atoms with E-state index in [2.05, 4.69) is 5.32 Å². The van der Waals surface area contributed by atoms with Crippen LogP contribution in [-0.2, 0) is 9.59 Å². The van der Waals surface area contributed by atoms with Crippen molar-refractivity contribution in [3.63, 3.8) is 0 Å². The second-order valence-corrected chi connectivity index (χ2v) is 5.87. The molecule has 21 heavy (non-hydrogen) atoms. The number of carbonyl (C=O) groups excluding carboxylic acids is 2. The first-order valence-electron chi connectivity index (χ1n) is 7.42. The first-order chi connectivity index (χ1) is 9.73. The van der Waals surface area contributed by atoms with Crippen molar-refractivity contribution in [3.8, 4) is 0 Å². The lowest BCUT2D eigenvalue weighted by Gasteiger charge is -2.29. The molecule has 0 atom stereocenters. The van der Waals surface area contributed by atoms with E-state index in [9.17, 15) is 9.59 Å².